The van der Waals surface area contributed by atoms with Gasteiger partial charge < -0.3 is 14.2 Å². The van der Waals surface area contributed by atoms with Crippen LogP contribution in [0.5, 0.6) is 11.5 Å². The van der Waals surface area contributed by atoms with Gasteiger partial charge in [0.25, 0.3) is 0 Å². The molecule has 0 aliphatic heterocycles. The Morgan fingerprint density at radius 1 is 1.00 bits per heavy atom. The lowest BCUT2D eigenvalue weighted by molar-refractivity contribution is 0.0490. The van der Waals surface area contributed by atoms with E-state index in [4.69, 9.17) is 18.7 Å². The van der Waals surface area contributed by atoms with Crippen molar-refractivity contribution in [3.8, 4) is 11.5 Å². The van der Waals surface area contributed by atoms with Crippen molar-refractivity contribution in [1.82, 2.24) is 0 Å². The molecule has 0 saturated carbocycles. The van der Waals surface area contributed by atoms with Gasteiger partial charge in [0.05, 0.1) is 0 Å². The monoisotopic (exact) mass is 470 g/mol. The molecule has 0 spiro atoms. The average molecular weight is 471 g/mol. The third kappa shape index (κ3) is 7.35. The lowest BCUT2D eigenvalue weighted by Gasteiger charge is -2.16. The van der Waals surface area contributed by atoms with Crippen molar-refractivity contribution in [2.75, 3.05) is 39.8 Å². The molecule has 0 aliphatic rings. The fourth-order valence-corrected chi connectivity index (χ4v) is 4.33. The molecule has 0 bridgehead atoms. The molecule has 9 heteroatoms. The Balaban J connectivity index is 2.23. The number of aryl methyl sites for hydroxylation is 2. The van der Waals surface area contributed by atoms with Gasteiger partial charge in [-0.15, -0.1) is 0 Å². The first kappa shape index (κ1) is 25.4. The third-order valence-electron chi connectivity index (χ3n) is 4.92. The zero-order chi connectivity index (χ0) is 23.2. The molecule has 0 aliphatic carbocycles. The SMILES string of the molecule is CCP(C)(=O)OCOc1cc(C)c(Cc2ccc(OCOC)c(S(C)(=O)=O)c2)c(C)c1. The van der Waals surface area contributed by atoms with E-state index in [0.29, 0.717) is 18.3 Å². The highest BCUT2D eigenvalue weighted by Crippen LogP contribution is 2.41. The predicted octanol–water partition coefficient (Wildman–Crippen LogP) is 4.56. The van der Waals surface area contributed by atoms with Crippen LogP contribution in [0.25, 0.3) is 0 Å². The van der Waals surface area contributed by atoms with Crippen molar-refractivity contribution in [2.45, 2.75) is 32.1 Å². The van der Waals surface area contributed by atoms with Crippen LogP contribution in [0.2, 0.25) is 0 Å². The first-order chi connectivity index (χ1) is 14.5. The van der Waals surface area contributed by atoms with Gasteiger partial charge in [-0.1, -0.05) is 13.0 Å². The van der Waals surface area contributed by atoms with E-state index >= 15 is 0 Å². The van der Waals surface area contributed by atoms with Gasteiger partial charge in [0.2, 0.25) is 7.37 Å². The Morgan fingerprint density at radius 2 is 1.65 bits per heavy atom. The summed E-state index contributed by atoms with van der Waals surface area (Å²) in [5.41, 5.74) is 3.94. The van der Waals surface area contributed by atoms with Gasteiger partial charge in [0.15, 0.2) is 23.4 Å². The largest absolute Gasteiger partial charge is 0.467 e. The molecule has 1 atom stereocenters. The molecular formula is C22H31O7PS. The number of hydrogen-bond acceptors (Lipinski definition) is 7. The van der Waals surface area contributed by atoms with Crippen molar-refractivity contribution in [3.63, 3.8) is 0 Å². The number of rotatable bonds is 11. The predicted molar refractivity (Wildman–Crippen MR) is 121 cm³/mol. The van der Waals surface area contributed by atoms with Crippen LogP contribution in [0.15, 0.2) is 35.2 Å². The van der Waals surface area contributed by atoms with Gasteiger partial charge in [0, 0.05) is 26.2 Å². The fourth-order valence-electron chi connectivity index (χ4n) is 3.01. The van der Waals surface area contributed by atoms with Crippen LogP contribution in [0.4, 0.5) is 0 Å². The van der Waals surface area contributed by atoms with Gasteiger partial charge in [0.1, 0.15) is 16.4 Å². The number of methoxy groups -OCH3 is 1. The minimum absolute atomic E-state index is 0.0308. The topological polar surface area (TPSA) is 88.1 Å². The molecule has 0 fully saturated rings. The molecule has 172 valence electrons. The summed E-state index contributed by atoms with van der Waals surface area (Å²) in [4.78, 5) is 0.134. The Kier molecular flexibility index (Phi) is 8.72. The van der Waals surface area contributed by atoms with E-state index in [1.165, 1.54) is 7.11 Å². The number of benzene rings is 2. The lowest BCUT2D eigenvalue weighted by atomic mass is 9.96. The summed E-state index contributed by atoms with van der Waals surface area (Å²) in [5, 5.41) is 0. The van der Waals surface area contributed by atoms with E-state index < -0.39 is 17.2 Å². The van der Waals surface area contributed by atoms with E-state index in [-0.39, 0.29) is 24.2 Å². The van der Waals surface area contributed by atoms with Crippen LogP contribution in [-0.4, -0.2) is 48.2 Å². The van der Waals surface area contributed by atoms with E-state index in [0.717, 1.165) is 28.5 Å². The molecule has 0 saturated heterocycles. The zero-order valence-electron chi connectivity index (χ0n) is 18.9. The first-order valence-corrected chi connectivity index (χ1v) is 14.0. The van der Waals surface area contributed by atoms with Crippen LogP contribution in [0.3, 0.4) is 0 Å². The van der Waals surface area contributed by atoms with E-state index in [9.17, 15) is 13.0 Å². The maximum atomic E-state index is 12.2. The second-order valence-electron chi connectivity index (χ2n) is 7.54. The maximum absolute atomic E-state index is 12.2. The summed E-state index contributed by atoms with van der Waals surface area (Å²) in [6.45, 7) is 7.25. The van der Waals surface area contributed by atoms with Crippen molar-refractivity contribution in [1.29, 1.82) is 0 Å². The van der Waals surface area contributed by atoms with Crippen molar-refractivity contribution >= 4 is 17.2 Å². The second-order valence-corrected chi connectivity index (χ2v) is 12.4. The van der Waals surface area contributed by atoms with E-state index in [1.807, 2.05) is 39.0 Å². The summed E-state index contributed by atoms with van der Waals surface area (Å²) in [7, 11) is -4.60. The standard InChI is InChI=1S/C22H31O7PS/c1-7-30(5,23)29-15-27-19-10-16(2)20(17(3)11-19)12-18-8-9-21(28-14-26-4)22(13-18)31(6,24)25/h8-11,13H,7,12,14-15H2,1-6H3. The van der Waals surface area contributed by atoms with Crippen molar-refractivity contribution in [2.24, 2.45) is 0 Å². The zero-order valence-corrected chi connectivity index (χ0v) is 20.6. The Bertz CT molecular complexity index is 1040. The molecule has 1 unspecified atom stereocenters. The van der Waals surface area contributed by atoms with Gasteiger partial charge >= 0.3 is 0 Å². The number of hydrogen-bond donors (Lipinski definition) is 0. The highest BCUT2D eigenvalue weighted by atomic mass is 32.2. The van der Waals surface area contributed by atoms with Crippen LogP contribution in [0, 0.1) is 13.8 Å². The quantitative estimate of drug-likeness (QED) is 0.351. The summed E-state index contributed by atoms with van der Waals surface area (Å²) in [6, 6.07) is 8.93. The summed E-state index contributed by atoms with van der Waals surface area (Å²) in [6.07, 6.45) is 2.17. The van der Waals surface area contributed by atoms with Gasteiger partial charge in [-0.05, 0) is 66.8 Å². The summed E-state index contributed by atoms with van der Waals surface area (Å²) in [5.74, 6) is 0.903. The molecule has 2 aromatic rings. The molecule has 0 radical (unpaired) electrons. The smallest absolute Gasteiger partial charge is 0.202 e. The number of sulfone groups is 1. The Labute approximate surface area is 185 Å². The summed E-state index contributed by atoms with van der Waals surface area (Å²) >= 11 is 0. The van der Waals surface area contributed by atoms with Gasteiger partial charge in [-0.25, -0.2) is 8.42 Å². The van der Waals surface area contributed by atoms with Gasteiger partial charge in [-0.2, -0.15) is 0 Å². The van der Waals surface area contributed by atoms with Crippen molar-refractivity contribution in [3.05, 3.63) is 52.6 Å². The highest BCUT2D eigenvalue weighted by Gasteiger charge is 2.17. The summed E-state index contributed by atoms with van der Waals surface area (Å²) < 4.78 is 57.7. The van der Waals surface area contributed by atoms with Crippen molar-refractivity contribution < 1.29 is 31.7 Å². The fraction of sp³-hybridized carbons (Fsp3) is 0.455. The van der Waals surface area contributed by atoms with E-state index in [2.05, 4.69) is 0 Å². The Hall–Kier alpha value is -1.86. The molecule has 0 amide bonds. The molecule has 2 rings (SSSR count). The minimum atomic E-state index is -3.47. The highest BCUT2D eigenvalue weighted by molar-refractivity contribution is 7.90. The van der Waals surface area contributed by atoms with E-state index in [1.54, 1.807) is 18.8 Å². The minimum Gasteiger partial charge on any atom is -0.467 e. The maximum Gasteiger partial charge on any atom is 0.202 e. The number of ether oxygens (including phenoxy) is 3. The molecule has 0 N–H and O–H groups in total. The lowest BCUT2D eigenvalue weighted by Crippen LogP contribution is -2.07. The molecule has 2 aromatic carbocycles. The normalized spacial score (nSPS) is 13.6. The molecule has 7 nitrogen and oxygen atoms in total. The first-order valence-electron chi connectivity index (χ1n) is 9.85. The van der Waals surface area contributed by atoms with Crippen LogP contribution >= 0.6 is 7.37 Å². The second kappa shape index (κ2) is 10.6. The molecule has 0 heterocycles. The van der Waals surface area contributed by atoms with Crippen LogP contribution in [-0.2, 0) is 30.1 Å². The third-order valence-corrected chi connectivity index (χ3v) is 7.83. The Morgan fingerprint density at radius 3 is 2.19 bits per heavy atom. The van der Waals surface area contributed by atoms with Crippen LogP contribution in [0.1, 0.15) is 29.2 Å². The molecule has 0 aromatic heterocycles. The van der Waals surface area contributed by atoms with Gasteiger partial charge in [-0.3, -0.25) is 9.09 Å². The van der Waals surface area contributed by atoms with Crippen LogP contribution < -0.4 is 9.47 Å². The average Bonchev–Trinajstić information content (AvgIpc) is 2.68. The molecule has 31 heavy (non-hydrogen) atoms. The molecular weight excluding hydrogens is 439 g/mol.